The van der Waals surface area contributed by atoms with E-state index in [-0.39, 0.29) is 16.1 Å². The first-order valence-electron chi connectivity index (χ1n) is 9.03. The van der Waals surface area contributed by atoms with E-state index in [4.69, 9.17) is 16.3 Å². The van der Waals surface area contributed by atoms with Crippen molar-refractivity contribution in [3.63, 3.8) is 0 Å². The van der Waals surface area contributed by atoms with E-state index in [1.54, 1.807) is 66.7 Å². The maximum Gasteiger partial charge on any atom is 0.264 e. The highest BCUT2D eigenvalue weighted by molar-refractivity contribution is 7.92. The van der Waals surface area contributed by atoms with Gasteiger partial charge in [-0.1, -0.05) is 41.4 Å². The number of anilines is 2. The van der Waals surface area contributed by atoms with Crippen LogP contribution in [0.1, 0.15) is 15.9 Å². The number of benzene rings is 3. The lowest BCUT2D eigenvalue weighted by Gasteiger charge is -2.22. The van der Waals surface area contributed by atoms with E-state index in [9.17, 15) is 13.2 Å². The Hall–Kier alpha value is -3.03. The summed E-state index contributed by atoms with van der Waals surface area (Å²) in [5.41, 5.74) is 1.77. The SMILES string of the molecule is COc1ccc(Cl)cc1NC(=O)c1ccccc1N(C)S(=O)(=O)c1ccc(C)cc1. The minimum Gasteiger partial charge on any atom is -0.495 e. The number of halogens is 1. The number of aryl methyl sites for hydroxylation is 1. The number of hydrogen-bond donors (Lipinski definition) is 1. The van der Waals surface area contributed by atoms with E-state index >= 15 is 0 Å². The van der Waals surface area contributed by atoms with Crippen molar-refractivity contribution in [3.05, 3.63) is 82.9 Å². The van der Waals surface area contributed by atoms with Gasteiger partial charge in [0.2, 0.25) is 0 Å². The molecule has 30 heavy (non-hydrogen) atoms. The quantitative estimate of drug-likeness (QED) is 0.596. The summed E-state index contributed by atoms with van der Waals surface area (Å²) in [6.07, 6.45) is 0. The highest BCUT2D eigenvalue weighted by Gasteiger charge is 2.25. The predicted octanol–water partition coefficient (Wildman–Crippen LogP) is 4.73. The lowest BCUT2D eigenvalue weighted by molar-refractivity contribution is 0.102. The molecule has 6 nitrogen and oxygen atoms in total. The normalized spacial score (nSPS) is 11.1. The molecular weight excluding hydrogens is 424 g/mol. The third-order valence-corrected chi connectivity index (χ3v) is 6.60. The van der Waals surface area contributed by atoms with Gasteiger partial charge in [0.15, 0.2) is 0 Å². The molecule has 0 bridgehead atoms. The average Bonchev–Trinajstić information content (AvgIpc) is 2.73. The van der Waals surface area contributed by atoms with Crippen molar-refractivity contribution >= 4 is 38.9 Å². The predicted molar refractivity (Wildman–Crippen MR) is 119 cm³/mol. The van der Waals surface area contributed by atoms with Crippen molar-refractivity contribution in [2.24, 2.45) is 0 Å². The molecule has 1 amide bonds. The van der Waals surface area contributed by atoms with E-state index in [0.29, 0.717) is 16.5 Å². The van der Waals surface area contributed by atoms with Crippen LogP contribution in [0.15, 0.2) is 71.6 Å². The maximum absolute atomic E-state index is 13.1. The van der Waals surface area contributed by atoms with Crippen molar-refractivity contribution < 1.29 is 17.9 Å². The van der Waals surface area contributed by atoms with Crippen LogP contribution in [-0.2, 0) is 10.0 Å². The molecule has 156 valence electrons. The Bertz CT molecular complexity index is 1180. The van der Waals surface area contributed by atoms with Gasteiger partial charge < -0.3 is 10.1 Å². The van der Waals surface area contributed by atoms with Crippen LogP contribution in [0.5, 0.6) is 5.75 Å². The van der Waals surface area contributed by atoms with Crippen LogP contribution < -0.4 is 14.4 Å². The largest absolute Gasteiger partial charge is 0.495 e. The molecule has 3 rings (SSSR count). The van der Waals surface area contributed by atoms with Gasteiger partial charge in [-0.05, 0) is 49.4 Å². The summed E-state index contributed by atoms with van der Waals surface area (Å²) < 4.78 is 32.5. The van der Waals surface area contributed by atoms with Gasteiger partial charge in [-0.15, -0.1) is 0 Å². The monoisotopic (exact) mass is 444 g/mol. The molecule has 0 aromatic heterocycles. The number of rotatable bonds is 6. The Balaban J connectivity index is 1.97. The van der Waals surface area contributed by atoms with Crippen LogP contribution >= 0.6 is 11.6 Å². The van der Waals surface area contributed by atoms with E-state index < -0.39 is 15.9 Å². The maximum atomic E-state index is 13.1. The van der Waals surface area contributed by atoms with Crippen molar-refractivity contribution in [1.29, 1.82) is 0 Å². The molecule has 0 aliphatic carbocycles. The summed E-state index contributed by atoms with van der Waals surface area (Å²) in [7, 11) is -0.951. The van der Waals surface area contributed by atoms with Crippen LogP contribution in [0, 0.1) is 6.92 Å². The molecule has 0 heterocycles. The van der Waals surface area contributed by atoms with Gasteiger partial charge in [0.25, 0.3) is 15.9 Å². The Morgan fingerprint density at radius 1 is 1.03 bits per heavy atom. The molecule has 0 aliphatic heterocycles. The summed E-state index contributed by atoms with van der Waals surface area (Å²) in [6, 6.07) is 17.9. The number of methoxy groups -OCH3 is 1. The zero-order valence-electron chi connectivity index (χ0n) is 16.7. The third-order valence-electron chi connectivity index (χ3n) is 4.58. The smallest absolute Gasteiger partial charge is 0.264 e. The summed E-state index contributed by atoms with van der Waals surface area (Å²) in [4.78, 5) is 13.1. The molecule has 3 aromatic rings. The number of carbonyl (C=O) groups is 1. The zero-order valence-corrected chi connectivity index (χ0v) is 18.3. The second-order valence-corrected chi connectivity index (χ2v) is 9.01. The minimum absolute atomic E-state index is 0.141. The van der Waals surface area contributed by atoms with Crippen molar-refractivity contribution in [2.75, 3.05) is 23.8 Å². The summed E-state index contributed by atoms with van der Waals surface area (Å²) in [5.74, 6) is -0.0528. The standard InChI is InChI=1S/C22H21ClN2O4S/c1-15-8-11-17(12-9-15)30(27,28)25(2)20-7-5-4-6-18(20)22(26)24-19-14-16(23)10-13-21(19)29-3/h4-14H,1-3H3,(H,24,26). The Kier molecular flexibility index (Phi) is 6.34. The van der Waals surface area contributed by atoms with Gasteiger partial charge in [-0.2, -0.15) is 0 Å². The van der Waals surface area contributed by atoms with Gasteiger partial charge in [0.1, 0.15) is 5.75 Å². The van der Waals surface area contributed by atoms with E-state index in [0.717, 1.165) is 9.87 Å². The van der Waals surface area contributed by atoms with Crippen LogP contribution in [0.25, 0.3) is 0 Å². The second-order valence-electron chi connectivity index (χ2n) is 6.60. The number of carbonyl (C=O) groups excluding carboxylic acids is 1. The fraction of sp³-hybridized carbons (Fsp3) is 0.136. The fourth-order valence-electron chi connectivity index (χ4n) is 2.91. The molecule has 0 spiro atoms. The molecule has 0 fully saturated rings. The van der Waals surface area contributed by atoms with Gasteiger partial charge >= 0.3 is 0 Å². The molecule has 0 saturated heterocycles. The molecule has 3 aromatic carbocycles. The Morgan fingerprint density at radius 3 is 2.37 bits per heavy atom. The first kappa shape index (κ1) is 21.7. The zero-order chi connectivity index (χ0) is 21.9. The van der Waals surface area contributed by atoms with Crippen LogP contribution in [0.3, 0.4) is 0 Å². The fourth-order valence-corrected chi connectivity index (χ4v) is 4.29. The summed E-state index contributed by atoms with van der Waals surface area (Å²) in [5, 5.41) is 3.17. The van der Waals surface area contributed by atoms with E-state index in [1.807, 2.05) is 6.92 Å². The molecule has 0 unspecified atom stereocenters. The van der Waals surface area contributed by atoms with Crippen LogP contribution in [0.4, 0.5) is 11.4 Å². The third kappa shape index (κ3) is 4.42. The number of nitrogens with one attached hydrogen (secondary N) is 1. The second kappa shape index (κ2) is 8.77. The Morgan fingerprint density at radius 2 is 1.70 bits per heavy atom. The average molecular weight is 445 g/mol. The van der Waals surface area contributed by atoms with Crippen molar-refractivity contribution in [1.82, 2.24) is 0 Å². The first-order chi connectivity index (χ1) is 14.2. The molecule has 8 heteroatoms. The van der Waals surface area contributed by atoms with Gasteiger partial charge in [-0.3, -0.25) is 9.10 Å². The van der Waals surface area contributed by atoms with E-state index in [2.05, 4.69) is 5.32 Å². The molecule has 1 N–H and O–H groups in total. The molecule has 0 radical (unpaired) electrons. The van der Waals surface area contributed by atoms with Crippen molar-refractivity contribution in [3.8, 4) is 5.75 Å². The first-order valence-corrected chi connectivity index (χ1v) is 10.9. The highest BCUT2D eigenvalue weighted by atomic mass is 35.5. The lowest BCUT2D eigenvalue weighted by Crippen LogP contribution is -2.29. The van der Waals surface area contributed by atoms with Gasteiger partial charge in [0.05, 0.1) is 28.9 Å². The Labute approximate surface area is 181 Å². The van der Waals surface area contributed by atoms with Gasteiger partial charge in [0, 0.05) is 12.1 Å². The molecule has 0 aliphatic rings. The van der Waals surface area contributed by atoms with Crippen LogP contribution in [0.2, 0.25) is 5.02 Å². The number of amides is 1. The number of ether oxygens (including phenoxy) is 1. The molecular formula is C22H21ClN2O4S. The number of para-hydroxylation sites is 1. The van der Waals surface area contributed by atoms with Gasteiger partial charge in [-0.25, -0.2) is 8.42 Å². The lowest BCUT2D eigenvalue weighted by atomic mass is 10.1. The van der Waals surface area contributed by atoms with E-state index in [1.165, 1.54) is 14.2 Å². The summed E-state index contributed by atoms with van der Waals surface area (Å²) in [6.45, 7) is 1.88. The highest BCUT2D eigenvalue weighted by Crippen LogP contribution is 2.30. The number of nitrogens with zero attached hydrogens (tertiary/aromatic N) is 1. The summed E-state index contributed by atoms with van der Waals surface area (Å²) >= 11 is 6.03. The molecule has 0 saturated carbocycles. The number of sulfonamides is 1. The van der Waals surface area contributed by atoms with Crippen LogP contribution in [-0.4, -0.2) is 28.5 Å². The topological polar surface area (TPSA) is 75.7 Å². The minimum atomic E-state index is -3.85. The molecule has 0 atom stereocenters. The number of hydrogen-bond acceptors (Lipinski definition) is 4. The van der Waals surface area contributed by atoms with Crippen molar-refractivity contribution in [2.45, 2.75) is 11.8 Å².